The molecule has 1 saturated carbocycles. The molecule has 0 bridgehead atoms. The number of imidazole rings is 1. The lowest BCUT2D eigenvalue weighted by molar-refractivity contribution is 0.0683. The monoisotopic (exact) mass is 317 g/mol. The zero-order valence-electron chi connectivity index (χ0n) is 12.5. The number of fused-ring (bicyclic) bond motifs is 3. The average molecular weight is 318 g/mol. The van der Waals surface area contributed by atoms with Gasteiger partial charge in [0.2, 0.25) is 0 Å². The van der Waals surface area contributed by atoms with Gasteiger partial charge >= 0.3 is 0 Å². The summed E-state index contributed by atoms with van der Waals surface area (Å²) < 4.78 is 2.13. The maximum Gasteiger partial charge on any atom is 0.0957 e. The van der Waals surface area contributed by atoms with Gasteiger partial charge in [0.05, 0.1) is 41.1 Å². The summed E-state index contributed by atoms with van der Waals surface area (Å²) in [7, 11) is 0. The van der Waals surface area contributed by atoms with Gasteiger partial charge in [-0.2, -0.15) is 0 Å². The summed E-state index contributed by atoms with van der Waals surface area (Å²) in [5, 5.41) is 11.3. The molecular weight excluding hydrogens is 298 g/mol. The van der Waals surface area contributed by atoms with E-state index in [2.05, 4.69) is 14.5 Å². The highest BCUT2D eigenvalue weighted by Crippen LogP contribution is 2.42. The second-order valence-corrected chi connectivity index (χ2v) is 6.93. The lowest BCUT2D eigenvalue weighted by Crippen LogP contribution is -2.26. The first-order valence-electron chi connectivity index (χ1n) is 8.10. The van der Waals surface area contributed by atoms with E-state index in [-0.39, 0.29) is 12.1 Å². The van der Waals surface area contributed by atoms with Gasteiger partial charge in [-0.3, -0.25) is 4.98 Å². The Morgan fingerprint density at radius 1 is 1.27 bits per heavy atom. The molecule has 1 aliphatic heterocycles. The van der Waals surface area contributed by atoms with Crippen molar-refractivity contribution in [2.45, 2.75) is 50.7 Å². The summed E-state index contributed by atoms with van der Waals surface area (Å²) in [6.45, 7) is 0. The summed E-state index contributed by atoms with van der Waals surface area (Å²) in [4.78, 5) is 8.79. The summed E-state index contributed by atoms with van der Waals surface area (Å²) >= 11 is 6.09. The van der Waals surface area contributed by atoms with Crippen LogP contribution in [0.3, 0.4) is 0 Å². The van der Waals surface area contributed by atoms with Crippen molar-refractivity contribution in [2.24, 2.45) is 5.92 Å². The van der Waals surface area contributed by atoms with Crippen molar-refractivity contribution in [3.8, 4) is 11.3 Å². The molecule has 0 aromatic carbocycles. The lowest BCUT2D eigenvalue weighted by Gasteiger charge is -2.28. The molecule has 0 amide bonds. The molecule has 0 radical (unpaired) electrons. The summed E-state index contributed by atoms with van der Waals surface area (Å²) in [5.74, 6) is 0.428. The smallest absolute Gasteiger partial charge is 0.0957 e. The Hall–Kier alpha value is -1.39. The van der Waals surface area contributed by atoms with Gasteiger partial charge in [-0.05, 0) is 24.8 Å². The van der Waals surface area contributed by atoms with Crippen LogP contribution >= 0.6 is 11.6 Å². The van der Waals surface area contributed by atoms with Crippen molar-refractivity contribution in [1.82, 2.24) is 14.5 Å². The molecule has 0 spiro atoms. The van der Waals surface area contributed by atoms with Gasteiger partial charge in [-0.25, -0.2) is 4.98 Å². The SMILES string of the molecule is OC(CC1c2ncc(Cl)cc2-c2cncn21)C1CCCCC1. The molecule has 2 aliphatic rings. The number of hydrogen-bond donors (Lipinski definition) is 1. The molecule has 4 rings (SSSR count). The van der Waals surface area contributed by atoms with E-state index < -0.39 is 0 Å². The van der Waals surface area contributed by atoms with E-state index >= 15 is 0 Å². The molecule has 4 nitrogen and oxygen atoms in total. The minimum atomic E-state index is -0.274. The standard InChI is InChI=1S/C17H20ClN3O/c18-12-6-13-15-9-19-10-21(15)14(17(13)20-8-12)7-16(22)11-4-2-1-3-5-11/h6,8-11,14,16,22H,1-5,7H2. The van der Waals surface area contributed by atoms with E-state index in [1.54, 1.807) is 6.20 Å². The molecule has 2 unspecified atom stereocenters. The number of hydrogen-bond acceptors (Lipinski definition) is 3. The molecule has 0 saturated heterocycles. The van der Waals surface area contributed by atoms with Gasteiger partial charge in [-0.15, -0.1) is 0 Å². The normalized spacial score (nSPS) is 22.4. The first kappa shape index (κ1) is 14.2. The number of aromatic nitrogens is 3. The van der Waals surface area contributed by atoms with Gasteiger partial charge in [0, 0.05) is 18.2 Å². The Bertz CT molecular complexity index is 678. The van der Waals surface area contributed by atoms with Crippen molar-refractivity contribution < 1.29 is 5.11 Å². The van der Waals surface area contributed by atoms with E-state index in [1.165, 1.54) is 19.3 Å². The van der Waals surface area contributed by atoms with E-state index in [0.29, 0.717) is 17.4 Å². The van der Waals surface area contributed by atoms with Crippen LogP contribution < -0.4 is 0 Å². The van der Waals surface area contributed by atoms with Crippen LogP contribution in [-0.2, 0) is 0 Å². The first-order valence-corrected chi connectivity index (χ1v) is 8.47. The number of pyridine rings is 1. The number of rotatable bonds is 3. The summed E-state index contributed by atoms with van der Waals surface area (Å²) in [6, 6.07) is 2.02. The molecule has 22 heavy (non-hydrogen) atoms. The predicted octanol–water partition coefficient (Wildman–Crippen LogP) is 3.83. The minimum Gasteiger partial charge on any atom is -0.393 e. The van der Waals surface area contributed by atoms with Gasteiger partial charge in [0.15, 0.2) is 0 Å². The van der Waals surface area contributed by atoms with Crippen LogP contribution in [-0.4, -0.2) is 25.7 Å². The highest BCUT2D eigenvalue weighted by molar-refractivity contribution is 6.30. The Labute approximate surface area is 135 Å². The molecule has 2 aromatic rings. The zero-order valence-corrected chi connectivity index (χ0v) is 13.2. The zero-order chi connectivity index (χ0) is 15.1. The van der Waals surface area contributed by atoms with Crippen molar-refractivity contribution >= 4 is 11.6 Å². The molecule has 1 N–H and O–H groups in total. The first-order chi connectivity index (χ1) is 10.7. The molecule has 1 fully saturated rings. The highest BCUT2D eigenvalue weighted by atomic mass is 35.5. The van der Waals surface area contributed by atoms with Gasteiger partial charge in [-0.1, -0.05) is 30.9 Å². The van der Waals surface area contributed by atoms with Gasteiger partial charge in [0.25, 0.3) is 0 Å². The molecule has 2 aromatic heterocycles. The molecule has 5 heteroatoms. The minimum absolute atomic E-state index is 0.0710. The van der Waals surface area contributed by atoms with E-state index in [0.717, 1.165) is 29.8 Å². The fourth-order valence-corrected chi connectivity index (χ4v) is 4.14. The third-order valence-corrected chi connectivity index (χ3v) is 5.34. The van der Waals surface area contributed by atoms with Crippen LogP contribution in [0.15, 0.2) is 24.8 Å². The summed E-state index contributed by atoms with van der Waals surface area (Å²) in [6.07, 6.45) is 11.9. The molecule has 2 atom stereocenters. The maximum atomic E-state index is 10.7. The molecule has 1 aliphatic carbocycles. The van der Waals surface area contributed by atoms with Crippen molar-refractivity contribution in [1.29, 1.82) is 0 Å². The quantitative estimate of drug-likeness (QED) is 0.936. The topological polar surface area (TPSA) is 50.9 Å². The van der Waals surface area contributed by atoms with Crippen LogP contribution in [0.4, 0.5) is 0 Å². The third kappa shape index (κ3) is 2.34. The fraction of sp³-hybridized carbons (Fsp3) is 0.529. The second kappa shape index (κ2) is 5.67. The number of halogens is 1. The lowest BCUT2D eigenvalue weighted by atomic mass is 9.83. The van der Waals surface area contributed by atoms with Crippen LogP contribution in [0.1, 0.15) is 50.3 Å². The van der Waals surface area contributed by atoms with Crippen LogP contribution in [0.5, 0.6) is 0 Å². The van der Waals surface area contributed by atoms with Crippen LogP contribution in [0, 0.1) is 5.92 Å². The fourth-order valence-electron chi connectivity index (χ4n) is 3.98. The highest BCUT2D eigenvalue weighted by Gasteiger charge is 2.33. The van der Waals surface area contributed by atoms with Crippen LogP contribution in [0.2, 0.25) is 5.02 Å². The Morgan fingerprint density at radius 2 is 2.09 bits per heavy atom. The average Bonchev–Trinajstić information content (AvgIpc) is 3.11. The van der Waals surface area contributed by atoms with Crippen LogP contribution in [0.25, 0.3) is 11.3 Å². The number of nitrogens with zero attached hydrogens (tertiary/aromatic N) is 3. The van der Waals surface area contributed by atoms with Gasteiger partial charge < -0.3 is 9.67 Å². The third-order valence-electron chi connectivity index (χ3n) is 5.14. The predicted molar refractivity (Wildman–Crippen MR) is 85.8 cm³/mol. The molecule has 3 heterocycles. The van der Waals surface area contributed by atoms with Crippen molar-refractivity contribution in [2.75, 3.05) is 0 Å². The number of aliphatic hydroxyl groups excluding tert-OH is 1. The maximum absolute atomic E-state index is 10.7. The summed E-state index contributed by atoms with van der Waals surface area (Å²) in [5.41, 5.74) is 3.10. The van der Waals surface area contributed by atoms with Crippen molar-refractivity contribution in [3.63, 3.8) is 0 Å². The number of aliphatic hydroxyl groups is 1. The van der Waals surface area contributed by atoms with E-state index in [4.69, 9.17) is 11.6 Å². The Kier molecular flexibility index (Phi) is 3.66. The van der Waals surface area contributed by atoms with Crippen molar-refractivity contribution in [3.05, 3.63) is 35.5 Å². The second-order valence-electron chi connectivity index (χ2n) is 6.49. The largest absolute Gasteiger partial charge is 0.393 e. The van der Waals surface area contributed by atoms with Gasteiger partial charge in [0.1, 0.15) is 0 Å². The Balaban J connectivity index is 1.62. The molecular formula is C17H20ClN3O. The van der Waals surface area contributed by atoms with E-state index in [9.17, 15) is 5.11 Å². The van der Waals surface area contributed by atoms with E-state index in [1.807, 2.05) is 18.6 Å². The molecule has 116 valence electrons. The Morgan fingerprint density at radius 3 is 2.91 bits per heavy atom.